The molecule has 1 aromatic carbocycles. The first-order valence-corrected chi connectivity index (χ1v) is 9.34. The van der Waals surface area contributed by atoms with Crippen molar-refractivity contribution < 1.29 is 5.11 Å². The van der Waals surface area contributed by atoms with Crippen LogP contribution in [-0.4, -0.2) is 20.8 Å². The fourth-order valence-corrected chi connectivity index (χ4v) is 3.94. The van der Waals surface area contributed by atoms with Crippen LogP contribution in [0.25, 0.3) is 32.7 Å². The van der Waals surface area contributed by atoms with Gasteiger partial charge in [-0.1, -0.05) is 18.2 Å². The van der Waals surface area contributed by atoms with E-state index in [1.165, 1.54) is 22.8 Å². The Kier molecular flexibility index (Phi) is 4.58. The predicted molar refractivity (Wildman–Crippen MR) is 118 cm³/mol. The maximum atomic E-state index is 13.3. The normalized spacial score (nSPS) is 12.2. The van der Waals surface area contributed by atoms with Gasteiger partial charge in [0.1, 0.15) is 0 Å². The van der Waals surface area contributed by atoms with Crippen LogP contribution in [0, 0.1) is 0 Å². The molecule has 1 aromatic heterocycles. The fourth-order valence-electron chi connectivity index (χ4n) is 3.94. The van der Waals surface area contributed by atoms with E-state index in [-0.39, 0.29) is 36.5 Å². The van der Waals surface area contributed by atoms with Gasteiger partial charge in [-0.05, 0) is 18.2 Å². The summed E-state index contributed by atoms with van der Waals surface area (Å²) in [5, 5.41) is 12.3. The molecule has 0 saturated heterocycles. The molecule has 0 bridgehead atoms. The number of aromatic hydroxyl groups is 1. The van der Waals surface area contributed by atoms with Crippen molar-refractivity contribution in [3.05, 3.63) is 92.6 Å². The van der Waals surface area contributed by atoms with Crippen LogP contribution in [0.5, 0.6) is 5.88 Å². The zero-order chi connectivity index (χ0) is 21.6. The summed E-state index contributed by atoms with van der Waals surface area (Å²) in [6.45, 7) is 11.3. The van der Waals surface area contributed by atoms with Gasteiger partial charge in [0.2, 0.25) is 5.88 Å². The summed E-state index contributed by atoms with van der Waals surface area (Å²) in [7, 11) is 0. The molecule has 0 spiro atoms. The standard InChI is InChI=1S/C23H19N3O4/c1-4-9-24-16-12-15-17-13(20(27)25(10-5-2)22(15)29)7-8-14-18(17)19(16)23(30)26(11-6-3)21(14)28/h4-8,12,28H,1-3,9-11H2. The number of hydrogen-bond donors (Lipinski definition) is 1. The molecule has 2 aliphatic rings. The molecule has 0 radical (unpaired) electrons. The summed E-state index contributed by atoms with van der Waals surface area (Å²) < 4.78 is 2.29. The first kappa shape index (κ1) is 19.3. The molecule has 0 atom stereocenters. The molecule has 30 heavy (non-hydrogen) atoms. The number of hydrogen-bond acceptors (Lipinski definition) is 5. The molecule has 2 aromatic rings. The highest BCUT2D eigenvalue weighted by Crippen LogP contribution is 2.36. The van der Waals surface area contributed by atoms with Crippen molar-refractivity contribution in [2.45, 2.75) is 13.1 Å². The van der Waals surface area contributed by atoms with Gasteiger partial charge in [-0.2, -0.15) is 0 Å². The van der Waals surface area contributed by atoms with E-state index >= 15 is 0 Å². The lowest BCUT2D eigenvalue weighted by atomic mass is 9.90. The van der Waals surface area contributed by atoms with E-state index in [9.17, 15) is 19.5 Å². The Labute approximate surface area is 170 Å². The number of aromatic nitrogens is 2. The van der Waals surface area contributed by atoms with E-state index in [4.69, 9.17) is 0 Å². The van der Waals surface area contributed by atoms with Crippen LogP contribution in [0.2, 0.25) is 0 Å². The van der Waals surface area contributed by atoms with Crippen LogP contribution in [0.1, 0.15) is 0 Å². The monoisotopic (exact) mass is 401 g/mol. The third-order valence-corrected chi connectivity index (χ3v) is 5.18. The van der Waals surface area contributed by atoms with E-state index in [1.807, 2.05) is 0 Å². The second kappa shape index (κ2) is 7.11. The maximum absolute atomic E-state index is 13.3. The molecular formula is C23H19N3O4. The van der Waals surface area contributed by atoms with Crippen molar-refractivity contribution >= 4 is 21.5 Å². The van der Waals surface area contributed by atoms with E-state index in [0.29, 0.717) is 27.1 Å². The summed E-state index contributed by atoms with van der Waals surface area (Å²) in [5.74, 6) is -0.251. The van der Waals surface area contributed by atoms with Gasteiger partial charge >= 0.3 is 0 Å². The Balaban J connectivity index is 2.41. The number of benzene rings is 2. The average Bonchev–Trinajstić information content (AvgIpc) is 2.74. The van der Waals surface area contributed by atoms with E-state index in [1.54, 1.807) is 18.2 Å². The van der Waals surface area contributed by atoms with Crippen molar-refractivity contribution in [3.63, 3.8) is 0 Å². The predicted octanol–water partition coefficient (Wildman–Crippen LogP) is 1.82. The quantitative estimate of drug-likeness (QED) is 0.394. The highest BCUT2D eigenvalue weighted by Gasteiger charge is 2.26. The smallest absolute Gasteiger partial charge is 0.263 e. The van der Waals surface area contributed by atoms with E-state index < -0.39 is 16.7 Å². The van der Waals surface area contributed by atoms with Crippen LogP contribution >= 0.6 is 0 Å². The van der Waals surface area contributed by atoms with Crippen LogP contribution in [0.15, 0.2) is 75.5 Å². The average molecular weight is 401 g/mol. The maximum Gasteiger partial charge on any atom is 0.263 e. The number of nitrogens with zero attached hydrogens (tertiary/aromatic N) is 3. The second-order valence-electron chi connectivity index (χ2n) is 6.90. The molecule has 7 nitrogen and oxygen atoms in total. The number of pyridine rings is 2. The molecule has 0 saturated carbocycles. The van der Waals surface area contributed by atoms with Gasteiger partial charge < -0.3 is 5.11 Å². The molecule has 7 heteroatoms. The molecule has 0 unspecified atom stereocenters. The van der Waals surface area contributed by atoms with Crippen LogP contribution in [0.3, 0.4) is 0 Å². The minimum absolute atomic E-state index is 0.0602. The fraction of sp³-hybridized carbons (Fsp3) is 0.130. The summed E-state index contributed by atoms with van der Waals surface area (Å²) in [6, 6.07) is 4.68. The Morgan fingerprint density at radius 1 is 0.867 bits per heavy atom. The third kappa shape index (κ3) is 2.52. The molecule has 1 aliphatic carbocycles. The van der Waals surface area contributed by atoms with Gasteiger partial charge in [-0.25, -0.2) is 0 Å². The van der Waals surface area contributed by atoms with Crippen LogP contribution in [-0.2, 0) is 13.1 Å². The third-order valence-electron chi connectivity index (χ3n) is 5.18. The number of allylic oxidation sites excluding steroid dienone is 2. The molecule has 0 amide bonds. The first-order valence-electron chi connectivity index (χ1n) is 9.34. The minimum Gasteiger partial charge on any atom is -0.494 e. The Morgan fingerprint density at radius 3 is 2.20 bits per heavy atom. The SMILES string of the molecule is C=CCN=c1cc2c(=O)n(CC=C)c(=O)c3ccc4c(O)n(CC=C)c(=O)c1c4c3-2. The summed E-state index contributed by atoms with van der Waals surface area (Å²) >= 11 is 0. The van der Waals surface area contributed by atoms with Gasteiger partial charge in [0.05, 0.1) is 22.9 Å². The lowest BCUT2D eigenvalue weighted by Crippen LogP contribution is -2.36. The molecule has 1 aliphatic heterocycles. The van der Waals surface area contributed by atoms with Crippen molar-refractivity contribution in [2.75, 3.05) is 6.54 Å². The second-order valence-corrected chi connectivity index (χ2v) is 6.90. The van der Waals surface area contributed by atoms with E-state index in [2.05, 4.69) is 24.7 Å². The van der Waals surface area contributed by atoms with Crippen molar-refractivity contribution in [1.82, 2.24) is 9.13 Å². The molecule has 150 valence electrons. The Morgan fingerprint density at radius 2 is 1.53 bits per heavy atom. The molecule has 4 rings (SSSR count). The van der Waals surface area contributed by atoms with Gasteiger partial charge in [-0.3, -0.25) is 28.5 Å². The highest BCUT2D eigenvalue weighted by molar-refractivity contribution is 6.15. The van der Waals surface area contributed by atoms with Crippen LogP contribution < -0.4 is 22.0 Å². The molecule has 1 N–H and O–H groups in total. The number of rotatable bonds is 6. The van der Waals surface area contributed by atoms with Gasteiger partial charge in [0, 0.05) is 34.8 Å². The molecule has 0 fully saturated rings. The van der Waals surface area contributed by atoms with Crippen molar-refractivity contribution in [2.24, 2.45) is 4.99 Å². The Bertz CT molecular complexity index is 1540. The first-order chi connectivity index (χ1) is 14.5. The van der Waals surface area contributed by atoms with E-state index in [0.717, 1.165) is 4.57 Å². The summed E-state index contributed by atoms with van der Waals surface area (Å²) in [5.41, 5.74) is -0.825. The minimum atomic E-state index is -0.494. The summed E-state index contributed by atoms with van der Waals surface area (Å²) in [6.07, 6.45) is 4.56. The Hall–Kier alpha value is -4.00. The van der Waals surface area contributed by atoms with Gasteiger partial charge in [0.15, 0.2) is 0 Å². The zero-order valence-electron chi connectivity index (χ0n) is 16.2. The molecular weight excluding hydrogens is 382 g/mol. The molecule has 2 heterocycles. The highest BCUT2D eigenvalue weighted by atomic mass is 16.3. The lowest BCUT2D eigenvalue weighted by molar-refractivity contribution is 0.424. The van der Waals surface area contributed by atoms with Gasteiger partial charge in [-0.15, -0.1) is 19.7 Å². The van der Waals surface area contributed by atoms with Crippen molar-refractivity contribution in [1.29, 1.82) is 0 Å². The van der Waals surface area contributed by atoms with Gasteiger partial charge in [0.25, 0.3) is 16.7 Å². The summed E-state index contributed by atoms with van der Waals surface area (Å²) in [4.78, 5) is 43.8. The van der Waals surface area contributed by atoms with Crippen LogP contribution in [0.4, 0.5) is 0 Å². The zero-order valence-corrected chi connectivity index (χ0v) is 16.2. The largest absolute Gasteiger partial charge is 0.494 e. The lowest BCUT2D eigenvalue weighted by Gasteiger charge is -2.19. The topological polar surface area (TPSA) is 93.7 Å². The van der Waals surface area contributed by atoms with Crippen molar-refractivity contribution in [3.8, 4) is 17.0 Å².